The van der Waals surface area contributed by atoms with Crippen LogP contribution in [-0.2, 0) is 19.6 Å². The summed E-state index contributed by atoms with van der Waals surface area (Å²) in [6.07, 6.45) is 0. The van der Waals surface area contributed by atoms with Gasteiger partial charge in [-0.15, -0.1) is 0 Å². The molecule has 0 spiro atoms. The standard InChI is InChI=1S/C32H29N5O6S/c1-21-9-16-26(17-10-21)44(42,43)36(20-29(38)35(2)3)24-13-11-23(12-14-24)33-31(22-7-5-4-6-8-22)30-27-19-25(37(40)41)15-18-28(27)34-32(30)39/h4-19,30H,20H2,1-3H3,(H,34,39). The number of rotatable bonds is 9. The topological polar surface area (TPSA) is 142 Å². The third-order valence-electron chi connectivity index (χ3n) is 7.19. The Labute approximate surface area is 254 Å². The molecule has 44 heavy (non-hydrogen) atoms. The van der Waals surface area contributed by atoms with E-state index in [0.717, 1.165) is 9.87 Å². The largest absolute Gasteiger partial charge is 0.347 e. The minimum Gasteiger partial charge on any atom is -0.347 e. The van der Waals surface area contributed by atoms with Crippen LogP contribution in [-0.4, -0.2) is 56.4 Å². The summed E-state index contributed by atoms with van der Waals surface area (Å²) in [5, 5.41) is 14.3. The zero-order valence-electron chi connectivity index (χ0n) is 24.2. The summed E-state index contributed by atoms with van der Waals surface area (Å²) in [7, 11) is -1.00. The first-order chi connectivity index (χ1) is 21.0. The first-order valence-corrected chi connectivity index (χ1v) is 15.0. The molecule has 11 nitrogen and oxygen atoms in total. The zero-order chi connectivity index (χ0) is 31.6. The quantitative estimate of drug-likeness (QED) is 0.160. The van der Waals surface area contributed by atoms with E-state index in [2.05, 4.69) is 5.32 Å². The van der Waals surface area contributed by atoms with E-state index < -0.39 is 33.3 Å². The molecule has 0 saturated carbocycles. The predicted octanol–water partition coefficient (Wildman–Crippen LogP) is 5.04. The van der Waals surface area contributed by atoms with E-state index >= 15 is 0 Å². The molecular formula is C32H29N5O6S. The lowest BCUT2D eigenvalue weighted by atomic mass is 9.90. The zero-order valence-corrected chi connectivity index (χ0v) is 25.0. The van der Waals surface area contributed by atoms with E-state index in [9.17, 15) is 28.1 Å². The number of aliphatic imine (C=N–C) groups is 1. The number of anilines is 2. The summed E-state index contributed by atoms with van der Waals surface area (Å²) >= 11 is 0. The molecule has 0 aromatic heterocycles. The Hall–Kier alpha value is -5.36. The molecule has 1 atom stereocenters. The average molecular weight is 612 g/mol. The van der Waals surface area contributed by atoms with Crippen molar-refractivity contribution >= 4 is 50.3 Å². The van der Waals surface area contributed by atoms with Crippen molar-refractivity contribution in [2.75, 3.05) is 30.3 Å². The first-order valence-electron chi connectivity index (χ1n) is 13.6. The lowest BCUT2D eigenvalue weighted by molar-refractivity contribution is -0.384. The maximum absolute atomic E-state index is 13.7. The van der Waals surface area contributed by atoms with Gasteiger partial charge < -0.3 is 10.2 Å². The fourth-order valence-electron chi connectivity index (χ4n) is 4.79. The van der Waals surface area contributed by atoms with Crippen LogP contribution in [0.5, 0.6) is 0 Å². The van der Waals surface area contributed by atoms with Crippen LogP contribution >= 0.6 is 0 Å². The maximum atomic E-state index is 13.7. The van der Waals surface area contributed by atoms with Gasteiger partial charge in [0.15, 0.2) is 0 Å². The smallest absolute Gasteiger partial charge is 0.269 e. The van der Waals surface area contributed by atoms with Gasteiger partial charge in [-0.2, -0.15) is 0 Å². The van der Waals surface area contributed by atoms with Gasteiger partial charge in [-0.25, -0.2) is 8.42 Å². The summed E-state index contributed by atoms with van der Waals surface area (Å²) in [5.74, 6) is -1.71. The molecule has 1 aliphatic rings. The number of carbonyl (C=O) groups is 2. The van der Waals surface area contributed by atoms with Gasteiger partial charge in [-0.05, 0) is 55.0 Å². The Kier molecular flexibility index (Phi) is 8.28. The van der Waals surface area contributed by atoms with Crippen LogP contribution in [0, 0.1) is 17.0 Å². The first kappa shape index (κ1) is 30.1. The van der Waals surface area contributed by atoms with Crippen molar-refractivity contribution < 1.29 is 22.9 Å². The average Bonchev–Trinajstić information content (AvgIpc) is 3.34. The number of hydrogen-bond acceptors (Lipinski definition) is 7. The molecular weight excluding hydrogens is 582 g/mol. The van der Waals surface area contributed by atoms with Crippen LogP contribution in [0.2, 0.25) is 0 Å². The Morgan fingerprint density at radius 1 is 0.955 bits per heavy atom. The molecule has 1 unspecified atom stereocenters. The van der Waals surface area contributed by atoms with Crippen LogP contribution < -0.4 is 9.62 Å². The summed E-state index contributed by atoms with van der Waals surface area (Å²) in [6, 6.07) is 25.8. The number of nitro benzene ring substituents is 1. The molecule has 5 rings (SSSR count). The van der Waals surface area contributed by atoms with Crippen LogP contribution in [0.25, 0.3) is 0 Å². The number of carbonyl (C=O) groups excluding carboxylic acids is 2. The number of sulfonamides is 1. The Bertz CT molecular complexity index is 1870. The van der Waals surface area contributed by atoms with Gasteiger partial charge in [0, 0.05) is 37.5 Å². The predicted molar refractivity (Wildman–Crippen MR) is 168 cm³/mol. The highest BCUT2D eigenvalue weighted by molar-refractivity contribution is 7.92. The van der Waals surface area contributed by atoms with Crippen molar-refractivity contribution in [2.45, 2.75) is 17.7 Å². The van der Waals surface area contributed by atoms with Gasteiger partial charge in [0.05, 0.1) is 26.9 Å². The highest BCUT2D eigenvalue weighted by atomic mass is 32.2. The fourth-order valence-corrected chi connectivity index (χ4v) is 6.20. The van der Waals surface area contributed by atoms with E-state index in [1.807, 2.05) is 13.0 Å². The van der Waals surface area contributed by atoms with Crippen LogP contribution in [0.4, 0.5) is 22.7 Å². The fraction of sp³-hybridized carbons (Fsp3) is 0.156. The molecule has 1 heterocycles. The molecule has 12 heteroatoms. The van der Waals surface area contributed by atoms with Crippen molar-refractivity contribution in [3.8, 4) is 0 Å². The van der Waals surface area contributed by atoms with Gasteiger partial charge in [0.25, 0.3) is 15.7 Å². The Balaban J connectivity index is 1.57. The summed E-state index contributed by atoms with van der Waals surface area (Å²) in [5.41, 5.74) is 3.30. The van der Waals surface area contributed by atoms with Crippen molar-refractivity contribution in [3.05, 3.63) is 124 Å². The highest BCUT2D eigenvalue weighted by Crippen LogP contribution is 2.38. The second-order valence-corrected chi connectivity index (χ2v) is 12.3. The molecule has 0 bridgehead atoms. The minimum absolute atomic E-state index is 0.0446. The number of hydrogen-bond donors (Lipinski definition) is 1. The number of amides is 2. The van der Waals surface area contributed by atoms with E-state index in [4.69, 9.17) is 4.99 Å². The van der Waals surface area contributed by atoms with E-state index in [1.54, 1.807) is 74.8 Å². The number of likely N-dealkylation sites (N-methyl/N-ethyl adjacent to an activating group) is 1. The second kappa shape index (κ2) is 12.1. The van der Waals surface area contributed by atoms with E-state index in [1.165, 1.54) is 35.2 Å². The van der Waals surface area contributed by atoms with Crippen molar-refractivity contribution in [3.63, 3.8) is 0 Å². The molecule has 0 radical (unpaired) electrons. The van der Waals surface area contributed by atoms with E-state index in [-0.39, 0.29) is 22.2 Å². The number of nitrogens with one attached hydrogen (secondary N) is 1. The molecule has 0 fully saturated rings. The minimum atomic E-state index is -4.10. The van der Waals surface area contributed by atoms with Gasteiger partial charge >= 0.3 is 0 Å². The maximum Gasteiger partial charge on any atom is 0.269 e. The van der Waals surface area contributed by atoms with Crippen molar-refractivity contribution in [2.24, 2.45) is 4.99 Å². The van der Waals surface area contributed by atoms with Crippen LogP contribution in [0.1, 0.15) is 22.6 Å². The summed E-state index contributed by atoms with van der Waals surface area (Å²) < 4.78 is 28.4. The molecule has 0 saturated heterocycles. The number of aryl methyl sites for hydroxylation is 1. The normalized spacial score (nSPS) is 14.5. The Morgan fingerprint density at radius 2 is 1.61 bits per heavy atom. The second-order valence-electron chi connectivity index (χ2n) is 10.4. The summed E-state index contributed by atoms with van der Waals surface area (Å²) in [4.78, 5) is 43.0. The molecule has 1 aliphatic heterocycles. The Morgan fingerprint density at radius 3 is 2.23 bits per heavy atom. The van der Waals surface area contributed by atoms with Gasteiger partial charge in [0.2, 0.25) is 11.8 Å². The molecule has 1 N–H and O–H groups in total. The molecule has 2 amide bonds. The summed E-state index contributed by atoms with van der Waals surface area (Å²) in [6.45, 7) is 1.43. The van der Waals surface area contributed by atoms with Crippen LogP contribution in [0.15, 0.2) is 107 Å². The van der Waals surface area contributed by atoms with Crippen molar-refractivity contribution in [1.29, 1.82) is 0 Å². The van der Waals surface area contributed by atoms with E-state index in [0.29, 0.717) is 28.2 Å². The lowest BCUT2D eigenvalue weighted by Gasteiger charge is -2.25. The number of non-ortho nitro benzene ring substituents is 1. The van der Waals surface area contributed by atoms with Gasteiger partial charge in [-0.1, -0.05) is 48.0 Å². The SMILES string of the molecule is Cc1ccc(S(=O)(=O)N(CC(=O)N(C)C)c2ccc(N=C(c3ccccc3)C3C(=O)Nc4ccc([N+](=O)[O-])cc43)cc2)cc1. The van der Waals surface area contributed by atoms with Crippen molar-refractivity contribution in [1.82, 2.24) is 4.90 Å². The number of nitro groups is 1. The number of benzene rings is 4. The highest BCUT2D eigenvalue weighted by Gasteiger charge is 2.37. The van der Waals surface area contributed by atoms with Gasteiger partial charge in [-0.3, -0.25) is 29.0 Å². The monoisotopic (exact) mass is 611 g/mol. The third kappa shape index (κ3) is 6.06. The number of fused-ring (bicyclic) bond motifs is 1. The molecule has 224 valence electrons. The number of nitrogens with zero attached hydrogens (tertiary/aromatic N) is 4. The van der Waals surface area contributed by atoms with Crippen LogP contribution in [0.3, 0.4) is 0 Å². The molecule has 4 aromatic rings. The molecule has 0 aliphatic carbocycles. The third-order valence-corrected chi connectivity index (χ3v) is 8.98. The van der Waals surface area contributed by atoms with Gasteiger partial charge in [0.1, 0.15) is 12.5 Å². The lowest BCUT2D eigenvalue weighted by Crippen LogP contribution is -2.40. The molecule has 4 aromatic carbocycles.